The van der Waals surface area contributed by atoms with Gasteiger partial charge in [-0.1, -0.05) is 23.7 Å². The number of hydrogen-bond acceptors (Lipinski definition) is 6. The fraction of sp³-hybridized carbons (Fsp3) is 0.483. The number of fused-ring (bicyclic) bond motifs is 1. The first-order valence-electron chi connectivity index (χ1n) is 13.4. The summed E-state index contributed by atoms with van der Waals surface area (Å²) < 4.78 is 37.5. The highest BCUT2D eigenvalue weighted by molar-refractivity contribution is 6.30. The molecule has 0 bridgehead atoms. The molecule has 2 aliphatic carbocycles. The highest BCUT2D eigenvalue weighted by Crippen LogP contribution is 2.62. The smallest absolute Gasteiger partial charge is 0.337 e. The quantitative estimate of drug-likeness (QED) is 0.458. The molecule has 3 fully saturated rings. The van der Waals surface area contributed by atoms with Crippen LogP contribution in [-0.2, 0) is 27.5 Å². The first-order valence-corrected chi connectivity index (χ1v) is 13.8. The lowest BCUT2D eigenvalue weighted by molar-refractivity contribution is -0.135. The van der Waals surface area contributed by atoms with Crippen molar-refractivity contribution in [1.82, 2.24) is 15.1 Å². The molecule has 1 aliphatic heterocycles. The van der Waals surface area contributed by atoms with Crippen LogP contribution in [0.2, 0.25) is 5.02 Å². The number of benzene rings is 2. The Morgan fingerprint density at radius 1 is 1.02 bits per heavy atom. The van der Waals surface area contributed by atoms with Crippen molar-refractivity contribution >= 4 is 29.4 Å². The Morgan fingerprint density at radius 3 is 2.35 bits per heavy atom. The van der Waals surface area contributed by atoms with Crippen LogP contribution in [0.1, 0.15) is 34.3 Å². The van der Waals surface area contributed by atoms with Gasteiger partial charge in [-0.2, -0.15) is 0 Å². The molecule has 2 saturated carbocycles. The summed E-state index contributed by atoms with van der Waals surface area (Å²) in [4.78, 5) is 40.6. The van der Waals surface area contributed by atoms with E-state index in [0.29, 0.717) is 55.7 Å². The van der Waals surface area contributed by atoms with E-state index in [-0.39, 0.29) is 49.0 Å². The molecule has 2 unspecified atom stereocenters. The summed E-state index contributed by atoms with van der Waals surface area (Å²) in [5.74, 6) is -3.68. The summed E-state index contributed by atoms with van der Waals surface area (Å²) in [6.45, 7) is 3.10. The molecule has 2 atom stereocenters. The summed E-state index contributed by atoms with van der Waals surface area (Å²) in [7, 11) is 1.34. The van der Waals surface area contributed by atoms with Crippen molar-refractivity contribution < 1.29 is 32.6 Å². The number of nitrogens with zero attached hydrogens (tertiary/aromatic N) is 2. The Kier molecular flexibility index (Phi) is 8.28. The van der Waals surface area contributed by atoms with Crippen LogP contribution in [0, 0.1) is 17.8 Å². The third-order valence-electron chi connectivity index (χ3n) is 8.03. The summed E-state index contributed by atoms with van der Waals surface area (Å²) >= 11 is 6.27. The minimum atomic E-state index is -2.65. The van der Waals surface area contributed by atoms with Gasteiger partial charge >= 0.3 is 5.97 Å². The van der Waals surface area contributed by atoms with Crippen LogP contribution in [0.15, 0.2) is 42.5 Å². The fourth-order valence-corrected chi connectivity index (χ4v) is 5.98. The molecule has 0 aromatic heterocycles. The molecular formula is C29H32ClF2N3O5. The van der Waals surface area contributed by atoms with Gasteiger partial charge in [0.05, 0.1) is 19.2 Å². The van der Waals surface area contributed by atoms with E-state index in [1.54, 1.807) is 23.1 Å². The SMILES string of the molecule is COC(=O)c1ccc(COc2ccc(Cl)cc2CN2CCN(C(=O)CNC(=O)C3C4CC(F)(F)CC43)CC2)cc1. The number of nitrogens with one attached hydrogen (secondary N) is 1. The standard InChI is InChI=1S/C29H32ClF2N3O5/c1-39-28(38)19-4-2-18(3-5-19)17-40-24-7-6-21(30)12-20(24)16-34-8-10-35(11-9-34)25(36)15-33-27(37)26-22-13-29(31,32)14-23(22)26/h2-7,12,22-23,26H,8-11,13-17H2,1H3,(H,33,37). The zero-order chi connectivity index (χ0) is 28.4. The molecule has 1 saturated heterocycles. The number of halogens is 3. The molecule has 0 radical (unpaired) electrons. The summed E-state index contributed by atoms with van der Waals surface area (Å²) in [5, 5.41) is 3.25. The van der Waals surface area contributed by atoms with Crippen molar-refractivity contribution in [3.05, 3.63) is 64.2 Å². The van der Waals surface area contributed by atoms with Gasteiger partial charge in [0.2, 0.25) is 17.7 Å². The number of esters is 1. The third kappa shape index (κ3) is 6.55. The maximum absolute atomic E-state index is 13.4. The Labute approximate surface area is 236 Å². The van der Waals surface area contributed by atoms with Crippen LogP contribution in [0.25, 0.3) is 0 Å². The van der Waals surface area contributed by atoms with Gasteiger partial charge in [-0.3, -0.25) is 14.5 Å². The topological polar surface area (TPSA) is 88.2 Å². The van der Waals surface area contributed by atoms with Gasteiger partial charge in [-0.15, -0.1) is 0 Å². The zero-order valence-corrected chi connectivity index (χ0v) is 23.0. The van der Waals surface area contributed by atoms with Crippen LogP contribution >= 0.6 is 11.6 Å². The minimum Gasteiger partial charge on any atom is -0.489 e. The average Bonchev–Trinajstić information content (AvgIpc) is 3.48. The molecule has 214 valence electrons. The number of hydrogen-bond donors (Lipinski definition) is 1. The van der Waals surface area contributed by atoms with Gasteiger partial charge in [-0.25, -0.2) is 13.6 Å². The van der Waals surface area contributed by atoms with Crippen molar-refractivity contribution in [2.24, 2.45) is 17.8 Å². The highest BCUT2D eigenvalue weighted by Gasteiger charge is 2.65. The van der Waals surface area contributed by atoms with Crippen LogP contribution < -0.4 is 10.1 Å². The third-order valence-corrected chi connectivity index (χ3v) is 8.26. The van der Waals surface area contributed by atoms with Crippen LogP contribution in [0.5, 0.6) is 5.75 Å². The van der Waals surface area contributed by atoms with Crippen LogP contribution in [-0.4, -0.2) is 73.3 Å². The average molecular weight is 576 g/mol. The Balaban J connectivity index is 1.07. The number of ether oxygens (including phenoxy) is 2. The molecule has 1 heterocycles. The first kappa shape index (κ1) is 28.3. The lowest BCUT2D eigenvalue weighted by atomic mass is 10.1. The highest BCUT2D eigenvalue weighted by atomic mass is 35.5. The Morgan fingerprint density at radius 2 is 1.70 bits per heavy atom. The van der Waals surface area contributed by atoms with E-state index in [4.69, 9.17) is 21.1 Å². The molecule has 3 aliphatic rings. The van der Waals surface area contributed by atoms with Crippen LogP contribution in [0.3, 0.4) is 0 Å². The molecule has 0 spiro atoms. The molecule has 2 amide bonds. The van der Waals surface area contributed by atoms with Gasteiger partial charge < -0.3 is 19.7 Å². The number of carbonyl (C=O) groups is 3. The molecule has 40 heavy (non-hydrogen) atoms. The summed E-state index contributed by atoms with van der Waals surface area (Å²) in [6, 6.07) is 12.5. The van der Waals surface area contributed by atoms with Crippen molar-refractivity contribution in [3.63, 3.8) is 0 Å². The van der Waals surface area contributed by atoms with Crippen molar-refractivity contribution in [2.45, 2.75) is 31.9 Å². The van der Waals surface area contributed by atoms with Gasteiger partial charge in [0.1, 0.15) is 12.4 Å². The molecule has 8 nitrogen and oxygen atoms in total. The lowest BCUT2D eigenvalue weighted by Crippen LogP contribution is -2.51. The maximum Gasteiger partial charge on any atom is 0.337 e. The molecule has 2 aromatic carbocycles. The molecule has 11 heteroatoms. The van der Waals surface area contributed by atoms with E-state index in [1.807, 2.05) is 24.3 Å². The monoisotopic (exact) mass is 575 g/mol. The Bertz CT molecular complexity index is 1250. The summed E-state index contributed by atoms with van der Waals surface area (Å²) in [5.41, 5.74) is 2.29. The second-order valence-electron chi connectivity index (χ2n) is 10.7. The Hall–Kier alpha value is -3.24. The molecule has 1 N–H and O–H groups in total. The second kappa shape index (κ2) is 11.7. The number of rotatable bonds is 9. The largest absolute Gasteiger partial charge is 0.489 e. The fourth-order valence-electron chi connectivity index (χ4n) is 5.78. The van der Waals surface area contributed by atoms with E-state index in [9.17, 15) is 23.2 Å². The summed E-state index contributed by atoms with van der Waals surface area (Å²) in [6.07, 6.45) is -0.454. The lowest BCUT2D eigenvalue weighted by Gasteiger charge is -2.35. The van der Waals surface area contributed by atoms with E-state index >= 15 is 0 Å². The van der Waals surface area contributed by atoms with E-state index in [1.165, 1.54) is 7.11 Å². The van der Waals surface area contributed by atoms with Gasteiger partial charge in [0.25, 0.3) is 0 Å². The predicted molar refractivity (Wildman–Crippen MR) is 143 cm³/mol. The van der Waals surface area contributed by atoms with Crippen molar-refractivity contribution in [1.29, 1.82) is 0 Å². The van der Waals surface area contributed by atoms with Crippen molar-refractivity contribution in [3.8, 4) is 5.75 Å². The minimum absolute atomic E-state index is 0.113. The first-order chi connectivity index (χ1) is 19.1. The number of alkyl halides is 2. The van der Waals surface area contributed by atoms with Gasteiger partial charge in [0, 0.05) is 62.1 Å². The van der Waals surface area contributed by atoms with E-state index in [2.05, 4.69) is 10.2 Å². The van der Waals surface area contributed by atoms with E-state index < -0.39 is 11.9 Å². The molecular weight excluding hydrogens is 544 g/mol. The molecule has 2 aromatic rings. The maximum atomic E-state index is 13.4. The van der Waals surface area contributed by atoms with Crippen molar-refractivity contribution in [2.75, 3.05) is 39.8 Å². The number of methoxy groups -OCH3 is 1. The predicted octanol–water partition coefficient (Wildman–Crippen LogP) is 3.76. The number of amides is 2. The second-order valence-corrected chi connectivity index (χ2v) is 11.2. The van der Waals surface area contributed by atoms with Crippen LogP contribution in [0.4, 0.5) is 8.78 Å². The van der Waals surface area contributed by atoms with Gasteiger partial charge in [-0.05, 0) is 47.7 Å². The zero-order valence-electron chi connectivity index (χ0n) is 22.2. The molecule has 5 rings (SSSR count). The van der Waals surface area contributed by atoms with E-state index in [0.717, 1.165) is 11.1 Å². The number of piperazine rings is 1. The normalized spacial score (nSPS) is 23.3. The van der Waals surface area contributed by atoms with Gasteiger partial charge in [0.15, 0.2) is 0 Å². The number of carbonyl (C=O) groups excluding carboxylic acids is 3.